The molecular weight excluding hydrogens is 368 g/mol. The van der Waals surface area contributed by atoms with Crippen molar-refractivity contribution in [2.45, 2.75) is 25.9 Å². The molecule has 1 aliphatic carbocycles. The molecule has 0 bridgehead atoms. The van der Waals surface area contributed by atoms with E-state index in [1.54, 1.807) is 36.4 Å². The first-order chi connectivity index (χ1) is 13.1. The van der Waals surface area contributed by atoms with Gasteiger partial charge in [0.1, 0.15) is 17.9 Å². The molecule has 6 heteroatoms. The fourth-order valence-electron chi connectivity index (χ4n) is 3.28. The summed E-state index contributed by atoms with van der Waals surface area (Å²) < 4.78 is 16.1. The molecule has 138 valence electrons. The first kappa shape index (κ1) is 17.6. The molecular formula is C21H17ClO5. The first-order valence-corrected chi connectivity index (χ1v) is 9.09. The van der Waals surface area contributed by atoms with E-state index < -0.39 is 5.97 Å². The second kappa shape index (κ2) is 7.45. The van der Waals surface area contributed by atoms with E-state index in [2.05, 4.69) is 0 Å². The van der Waals surface area contributed by atoms with Gasteiger partial charge in [-0.05, 0) is 54.7 Å². The second-order valence-electron chi connectivity index (χ2n) is 6.43. The number of halogens is 1. The molecule has 0 saturated carbocycles. The molecule has 0 amide bonds. The number of carbonyl (C=O) groups is 1. The van der Waals surface area contributed by atoms with Crippen molar-refractivity contribution in [2.24, 2.45) is 0 Å². The third kappa shape index (κ3) is 3.83. The van der Waals surface area contributed by atoms with Crippen molar-refractivity contribution < 1.29 is 18.7 Å². The van der Waals surface area contributed by atoms with Crippen molar-refractivity contribution in [3.63, 3.8) is 0 Å². The van der Waals surface area contributed by atoms with E-state index in [9.17, 15) is 9.59 Å². The standard InChI is InChI=1S/C21H17ClO5/c22-14-6-4-13(5-7-14)11-26-20(23)12-25-15-8-9-17-16-2-1-3-18(16)21(24)27-19(17)10-15/h4-10H,1-3,11-12H2. The lowest BCUT2D eigenvalue weighted by Gasteiger charge is -2.09. The fourth-order valence-corrected chi connectivity index (χ4v) is 3.41. The summed E-state index contributed by atoms with van der Waals surface area (Å²) in [5, 5.41) is 1.56. The second-order valence-corrected chi connectivity index (χ2v) is 6.87. The number of fused-ring (bicyclic) bond motifs is 3. The van der Waals surface area contributed by atoms with Crippen LogP contribution < -0.4 is 10.4 Å². The highest BCUT2D eigenvalue weighted by molar-refractivity contribution is 6.30. The number of hydrogen-bond acceptors (Lipinski definition) is 5. The third-order valence-corrected chi connectivity index (χ3v) is 4.87. The van der Waals surface area contributed by atoms with Crippen LogP contribution in [0.4, 0.5) is 0 Å². The van der Waals surface area contributed by atoms with Crippen molar-refractivity contribution >= 4 is 28.5 Å². The largest absolute Gasteiger partial charge is 0.482 e. The average molecular weight is 385 g/mol. The number of carbonyl (C=O) groups excluding carboxylic acids is 1. The molecule has 0 unspecified atom stereocenters. The summed E-state index contributed by atoms with van der Waals surface area (Å²) in [6, 6.07) is 12.3. The predicted octanol–water partition coefficient (Wildman–Crippen LogP) is 4.06. The highest BCUT2D eigenvalue weighted by Gasteiger charge is 2.19. The maximum absolute atomic E-state index is 12.1. The Morgan fingerprint density at radius 1 is 1.07 bits per heavy atom. The monoisotopic (exact) mass is 384 g/mol. The van der Waals surface area contributed by atoms with Gasteiger partial charge in [0, 0.05) is 22.0 Å². The molecule has 5 nitrogen and oxygen atoms in total. The number of rotatable bonds is 5. The molecule has 2 aromatic carbocycles. The van der Waals surface area contributed by atoms with E-state index in [-0.39, 0.29) is 18.8 Å². The lowest BCUT2D eigenvalue weighted by atomic mass is 10.1. The Hall–Kier alpha value is -2.79. The van der Waals surface area contributed by atoms with Crippen LogP contribution in [0, 0.1) is 0 Å². The Bertz CT molecular complexity index is 1050. The van der Waals surface area contributed by atoms with Crippen molar-refractivity contribution in [3.05, 3.63) is 74.6 Å². The quantitative estimate of drug-likeness (QED) is 0.490. The normalized spacial score (nSPS) is 12.8. The Morgan fingerprint density at radius 3 is 2.67 bits per heavy atom. The summed E-state index contributed by atoms with van der Waals surface area (Å²) in [5.41, 5.74) is 2.88. The minimum atomic E-state index is -0.486. The van der Waals surface area contributed by atoms with Gasteiger partial charge in [0.25, 0.3) is 0 Å². The van der Waals surface area contributed by atoms with E-state index in [1.165, 1.54) is 0 Å². The Balaban J connectivity index is 1.40. The van der Waals surface area contributed by atoms with E-state index in [0.717, 1.165) is 41.3 Å². The van der Waals surface area contributed by atoms with Crippen LogP contribution in [0.5, 0.6) is 5.75 Å². The maximum Gasteiger partial charge on any atom is 0.344 e. The van der Waals surface area contributed by atoms with Gasteiger partial charge in [-0.1, -0.05) is 23.7 Å². The summed E-state index contributed by atoms with van der Waals surface area (Å²) in [7, 11) is 0. The minimum absolute atomic E-state index is 0.151. The number of esters is 1. The SMILES string of the molecule is O=C(COc1ccc2c3c(c(=O)oc2c1)CCC3)OCc1ccc(Cl)cc1. The van der Waals surface area contributed by atoms with Gasteiger partial charge in [0.15, 0.2) is 6.61 Å². The molecule has 0 N–H and O–H groups in total. The highest BCUT2D eigenvalue weighted by Crippen LogP contribution is 2.29. The van der Waals surface area contributed by atoms with Crippen molar-refractivity contribution in [1.29, 1.82) is 0 Å². The number of benzene rings is 2. The van der Waals surface area contributed by atoms with E-state index in [0.29, 0.717) is 16.4 Å². The van der Waals surface area contributed by atoms with Crippen molar-refractivity contribution in [1.82, 2.24) is 0 Å². The number of aryl methyl sites for hydroxylation is 1. The zero-order valence-corrected chi connectivity index (χ0v) is 15.3. The molecule has 3 aromatic rings. The van der Waals surface area contributed by atoms with Crippen LogP contribution in [-0.4, -0.2) is 12.6 Å². The smallest absolute Gasteiger partial charge is 0.344 e. The van der Waals surface area contributed by atoms with Gasteiger partial charge < -0.3 is 13.9 Å². The van der Waals surface area contributed by atoms with Crippen LogP contribution in [0.2, 0.25) is 5.02 Å². The average Bonchev–Trinajstić information content (AvgIpc) is 3.16. The van der Waals surface area contributed by atoms with Crippen LogP contribution in [0.25, 0.3) is 11.0 Å². The summed E-state index contributed by atoms with van der Waals surface area (Å²) >= 11 is 5.82. The zero-order chi connectivity index (χ0) is 18.8. The highest BCUT2D eigenvalue weighted by atomic mass is 35.5. The van der Waals surface area contributed by atoms with Gasteiger partial charge in [-0.25, -0.2) is 9.59 Å². The molecule has 1 aromatic heterocycles. The summed E-state index contributed by atoms with van der Waals surface area (Å²) in [5.74, 6) is -0.0347. The first-order valence-electron chi connectivity index (χ1n) is 8.71. The Labute approximate surface area is 160 Å². The predicted molar refractivity (Wildman–Crippen MR) is 101 cm³/mol. The van der Waals surface area contributed by atoms with E-state index >= 15 is 0 Å². The van der Waals surface area contributed by atoms with Gasteiger partial charge >= 0.3 is 11.6 Å². The van der Waals surface area contributed by atoms with Crippen LogP contribution in [0.15, 0.2) is 51.7 Å². The van der Waals surface area contributed by atoms with Crippen LogP contribution >= 0.6 is 11.6 Å². The lowest BCUT2D eigenvalue weighted by Crippen LogP contribution is -2.14. The summed E-state index contributed by atoms with van der Waals surface area (Å²) in [4.78, 5) is 23.9. The maximum atomic E-state index is 12.1. The van der Waals surface area contributed by atoms with Gasteiger partial charge in [0.05, 0.1) is 0 Å². The molecule has 0 aliphatic heterocycles. The van der Waals surface area contributed by atoms with Crippen LogP contribution in [0.1, 0.15) is 23.1 Å². The van der Waals surface area contributed by atoms with Crippen LogP contribution in [-0.2, 0) is 29.0 Å². The zero-order valence-electron chi connectivity index (χ0n) is 14.5. The van der Waals surface area contributed by atoms with Gasteiger partial charge in [0.2, 0.25) is 0 Å². The molecule has 0 radical (unpaired) electrons. The molecule has 1 heterocycles. The minimum Gasteiger partial charge on any atom is -0.482 e. The molecule has 4 rings (SSSR count). The van der Waals surface area contributed by atoms with Crippen LogP contribution in [0.3, 0.4) is 0 Å². The third-order valence-electron chi connectivity index (χ3n) is 4.61. The number of hydrogen-bond donors (Lipinski definition) is 0. The van der Waals surface area contributed by atoms with Crippen molar-refractivity contribution in [2.75, 3.05) is 6.61 Å². The van der Waals surface area contributed by atoms with Gasteiger partial charge in [-0.2, -0.15) is 0 Å². The lowest BCUT2D eigenvalue weighted by molar-refractivity contribution is -0.147. The molecule has 1 aliphatic rings. The fraction of sp³-hybridized carbons (Fsp3) is 0.238. The molecule has 27 heavy (non-hydrogen) atoms. The Morgan fingerprint density at radius 2 is 1.85 bits per heavy atom. The molecule has 0 fully saturated rings. The molecule has 0 atom stereocenters. The molecule has 0 saturated heterocycles. The topological polar surface area (TPSA) is 65.7 Å². The Kier molecular flexibility index (Phi) is 4.86. The molecule has 0 spiro atoms. The van der Waals surface area contributed by atoms with E-state index in [4.69, 9.17) is 25.5 Å². The summed E-state index contributed by atoms with van der Waals surface area (Å²) in [6.45, 7) is -0.0770. The number of ether oxygens (including phenoxy) is 2. The van der Waals surface area contributed by atoms with Gasteiger partial charge in [-0.3, -0.25) is 0 Å². The van der Waals surface area contributed by atoms with Crippen molar-refractivity contribution in [3.8, 4) is 5.75 Å². The summed E-state index contributed by atoms with van der Waals surface area (Å²) in [6.07, 6.45) is 2.62. The van der Waals surface area contributed by atoms with E-state index in [1.807, 2.05) is 6.07 Å². The van der Waals surface area contributed by atoms with Gasteiger partial charge in [-0.15, -0.1) is 0 Å².